The van der Waals surface area contributed by atoms with E-state index in [0.717, 1.165) is 5.82 Å². The van der Waals surface area contributed by atoms with Gasteiger partial charge in [0.2, 0.25) is 0 Å². The van der Waals surface area contributed by atoms with Crippen LogP contribution in [0.2, 0.25) is 0 Å². The third-order valence-corrected chi connectivity index (χ3v) is 4.01. The van der Waals surface area contributed by atoms with Crippen molar-refractivity contribution >= 4 is 11.7 Å². The highest BCUT2D eigenvalue weighted by Gasteiger charge is 2.38. The summed E-state index contributed by atoms with van der Waals surface area (Å²) in [6, 6.07) is -0.141. The Labute approximate surface area is 134 Å². The predicted molar refractivity (Wildman–Crippen MR) is 84.1 cm³/mol. The number of imidazole rings is 1. The minimum atomic E-state index is -0.163. The van der Waals surface area contributed by atoms with Crippen LogP contribution in [-0.2, 0) is 4.74 Å². The van der Waals surface area contributed by atoms with Gasteiger partial charge in [-0.3, -0.25) is 4.79 Å². The van der Waals surface area contributed by atoms with E-state index in [1.807, 2.05) is 19.0 Å². The molecule has 3 rings (SSSR count). The number of ether oxygens (including phenoxy) is 1. The summed E-state index contributed by atoms with van der Waals surface area (Å²) in [5.74, 6) is 1.31. The molecule has 23 heavy (non-hydrogen) atoms. The molecule has 0 saturated carbocycles. The summed E-state index contributed by atoms with van der Waals surface area (Å²) < 4.78 is 5.43. The lowest BCUT2D eigenvalue weighted by atomic mass is 10.2. The number of nitrogens with one attached hydrogen (secondary N) is 1. The first-order valence-electron chi connectivity index (χ1n) is 7.42. The normalized spacial score (nSPS) is 20.7. The van der Waals surface area contributed by atoms with Gasteiger partial charge in [-0.1, -0.05) is 0 Å². The Kier molecular flexibility index (Phi) is 4.24. The van der Waals surface area contributed by atoms with Crippen LogP contribution in [0.3, 0.4) is 0 Å². The zero-order valence-electron chi connectivity index (χ0n) is 13.4. The molecule has 1 amide bonds. The van der Waals surface area contributed by atoms with Gasteiger partial charge >= 0.3 is 0 Å². The van der Waals surface area contributed by atoms with Gasteiger partial charge in [-0.05, 0) is 0 Å². The number of aromatic amines is 1. The van der Waals surface area contributed by atoms with Crippen LogP contribution in [0.1, 0.15) is 28.8 Å². The van der Waals surface area contributed by atoms with Crippen LogP contribution in [0.4, 0.5) is 5.82 Å². The molecule has 2 aromatic heterocycles. The van der Waals surface area contributed by atoms with Crippen molar-refractivity contribution in [3.63, 3.8) is 0 Å². The molecule has 1 saturated heterocycles. The number of methoxy groups -OCH3 is 1. The molecule has 2 atom stereocenters. The zero-order chi connectivity index (χ0) is 16.4. The van der Waals surface area contributed by atoms with E-state index in [9.17, 15) is 4.79 Å². The van der Waals surface area contributed by atoms with Crippen molar-refractivity contribution in [1.82, 2.24) is 24.8 Å². The average molecular weight is 316 g/mol. The van der Waals surface area contributed by atoms with Gasteiger partial charge in [-0.15, -0.1) is 0 Å². The van der Waals surface area contributed by atoms with E-state index in [1.165, 1.54) is 6.20 Å². The number of hydrogen-bond acceptors (Lipinski definition) is 6. The van der Waals surface area contributed by atoms with E-state index in [2.05, 4.69) is 19.9 Å². The summed E-state index contributed by atoms with van der Waals surface area (Å²) in [4.78, 5) is 32.3. The maximum Gasteiger partial charge on any atom is 0.274 e. The second-order valence-electron chi connectivity index (χ2n) is 5.70. The van der Waals surface area contributed by atoms with Crippen molar-refractivity contribution in [2.45, 2.75) is 18.6 Å². The second-order valence-corrected chi connectivity index (χ2v) is 5.70. The monoisotopic (exact) mass is 316 g/mol. The molecule has 122 valence electrons. The number of carbonyl (C=O) groups excluding carboxylic acids is 1. The number of aromatic nitrogens is 4. The summed E-state index contributed by atoms with van der Waals surface area (Å²) >= 11 is 0. The molecule has 0 spiro atoms. The molecule has 3 heterocycles. The van der Waals surface area contributed by atoms with E-state index >= 15 is 0 Å². The lowest BCUT2D eigenvalue weighted by Crippen LogP contribution is -2.33. The summed E-state index contributed by atoms with van der Waals surface area (Å²) in [6.45, 7) is 0.512. The van der Waals surface area contributed by atoms with Gasteiger partial charge in [-0.2, -0.15) is 0 Å². The maximum absolute atomic E-state index is 12.8. The highest BCUT2D eigenvalue weighted by molar-refractivity contribution is 5.92. The van der Waals surface area contributed by atoms with Crippen molar-refractivity contribution in [2.24, 2.45) is 0 Å². The Hall–Kier alpha value is -2.48. The maximum atomic E-state index is 12.8. The van der Waals surface area contributed by atoms with Gasteiger partial charge in [-0.25, -0.2) is 15.0 Å². The standard InChI is InChI=1S/C15H20N6O2/c1-20(2)13-8-18-11(7-19-13)15(22)21-9-10(23-3)6-12(21)14-16-4-5-17-14/h4-5,7-8,10,12H,6,9H2,1-3H3,(H,16,17)/t10-,12+/m1/s1. The van der Waals surface area contributed by atoms with Gasteiger partial charge in [0.05, 0.1) is 24.5 Å². The Bertz CT molecular complexity index is 655. The second kappa shape index (κ2) is 6.33. The predicted octanol–water partition coefficient (Wildman–Crippen LogP) is 0.868. The van der Waals surface area contributed by atoms with E-state index in [0.29, 0.717) is 24.5 Å². The van der Waals surface area contributed by atoms with Gasteiger partial charge < -0.3 is 19.5 Å². The zero-order valence-corrected chi connectivity index (χ0v) is 13.4. The Morgan fingerprint density at radius 1 is 1.35 bits per heavy atom. The first kappa shape index (κ1) is 15.4. The van der Waals surface area contributed by atoms with Crippen LogP contribution in [0.15, 0.2) is 24.8 Å². The number of anilines is 1. The first-order chi connectivity index (χ1) is 11.1. The summed E-state index contributed by atoms with van der Waals surface area (Å²) in [7, 11) is 5.41. The minimum Gasteiger partial charge on any atom is -0.380 e. The number of rotatable bonds is 4. The number of nitrogens with zero attached hydrogens (tertiary/aromatic N) is 5. The topological polar surface area (TPSA) is 87.2 Å². The number of carbonyl (C=O) groups is 1. The molecule has 2 aromatic rings. The van der Waals surface area contributed by atoms with E-state index in [4.69, 9.17) is 4.74 Å². The molecule has 0 unspecified atom stereocenters. The lowest BCUT2D eigenvalue weighted by molar-refractivity contribution is 0.0678. The van der Waals surface area contributed by atoms with Crippen molar-refractivity contribution in [3.8, 4) is 0 Å². The molecule has 1 fully saturated rings. The van der Waals surface area contributed by atoms with E-state index < -0.39 is 0 Å². The van der Waals surface area contributed by atoms with Crippen LogP contribution in [0, 0.1) is 0 Å². The van der Waals surface area contributed by atoms with Gasteiger partial charge in [0.1, 0.15) is 17.3 Å². The number of H-pyrrole nitrogens is 1. The molecule has 0 aromatic carbocycles. The highest BCUT2D eigenvalue weighted by atomic mass is 16.5. The Balaban J connectivity index is 1.84. The molecule has 8 nitrogen and oxygen atoms in total. The third-order valence-electron chi connectivity index (χ3n) is 4.01. The fraction of sp³-hybridized carbons (Fsp3) is 0.467. The molecule has 1 N–H and O–H groups in total. The summed E-state index contributed by atoms with van der Waals surface area (Å²) in [6.07, 6.45) is 7.24. The molecule has 0 radical (unpaired) electrons. The van der Waals surface area contributed by atoms with Crippen molar-refractivity contribution < 1.29 is 9.53 Å². The van der Waals surface area contributed by atoms with Gasteiger partial charge in [0.15, 0.2) is 0 Å². The molecule has 8 heteroatoms. The van der Waals surface area contributed by atoms with Crippen LogP contribution in [0.5, 0.6) is 0 Å². The van der Waals surface area contributed by atoms with Crippen LogP contribution >= 0.6 is 0 Å². The number of hydrogen-bond donors (Lipinski definition) is 1. The largest absolute Gasteiger partial charge is 0.380 e. The van der Waals surface area contributed by atoms with E-state index in [1.54, 1.807) is 30.6 Å². The number of likely N-dealkylation sites (tertiary alicyclic amines) is 1. The molecule has 0 aliphatic carbocycles. The average Bonchev–Trinajstić information content (AvgIpc) is 3.23. The van der Waals surface area contributed by atoms with Gasteiger partial charge in [0, 0.05) is 46.6 Å². The SMILES string of the molecule is CO[C@@H]1C[C@@H](c2ncc[nH]2)N(C(=O)c2cnc(N(C)C)cn2)C1. The van der Waals surface area contributed by atoms with Crippen LogP contribution < -0.4 is 4.90 Å². The molecule has 0 bridgehead atoms. The van der Waals surface area contributed by atoms with Gasteiger partial charge in [0.25, 0.3) is 5.91 Å². The Morgan fingerprint density at radius 2 is 2.17 bits per heavy atom. The fourth-order valence-corrected chi connectivity index (χ4v) is 2.72. The van der Waals surface area contributed by atoms with Crippen molar-refractivity contribution in [2.75, 3.05) is 32.6 Å². The van der Waals surface area contributed by atoms with Crippen LogP contribution in [-0.4, -0.2) is 64.6 Å². The minimum absolute atomic E-state index is 0.0111. The third kappa shape index (κ3) is 3.02. The molecule has 1 aliphatic heterocycles. The van der Waals surface area contributed by atoms with Crippen molar-refractivity contribution in [3.05, 3.63) is 36.3 Å². The summed E-state index contributed by atoms with van der Waals surface area (Å²) in [5, 5.41) is 0. The Morgan fingerprint density at radius 3 is 2.74 bits per heavy atom. The molecular weight excluding hydrogens is 296 g/mol. The molecule has 1 aliphatic rings. The number of amides is 1. The van der Waals surface area contributed by atoms with Crippen LogP contribution in [0.25, 0.3) is 0 Å². The quantitative estimate of drug-likeness (QED) is 0.900. The fourth-order valence-electron chi connectivity index (χ4n) is 2.72. The smallest absolute Gasteiger partial charge is 0.274 e. The molecular formula is C15H20N6O2. The summed E-state index contributed by atoms with van der Waals surface area (Å²) in [5.41, 5.74) is 0.323. The van der Waals surface area contributed by atoms with Crippen molar-refractivity contribution in [1.29, 1.82) is 0 Å². The first-order valence-corrected chi connectivity index (χ1v) is 7.42. The lowest BCUT2D eigenvalue weighted by Gasteiger charge is -2.22. The van der Waals surface area contributed by atoms with E-state index in [-0.39, 0.29) is 18.1 Å². The highest BCUT2D eigenvalue weighted by Crippen LogP contribution is 2.32.